The number of allylic oxidation sites excluding steroid dienone is 1. The zero-order valence-electron chi connectivity index (χ0n) is 10.5. The minimum atomic E-state index is -4.56. The lowest BCUT2D eigenvalue weighted by Gasteiger charge is -2.15. The molecule has 0 amide bonds. The number of para-hydroxylation sites is 1. The monoisotopic (exact) mass is 273 g/mol. The van der Waals surface area contributed by atoms with E-state index < -0.39 is 24.3 Å². The Morgan fingerprint density at radius 1 is 1.37 bits per heavy atom. The van der Waals surface area contributed by atoms with Crippen LogP contribution in [0, 0.1) is 6.92 Å². The van der Waals surface area contributed by atoms with E-state index in [-0.39, 0.29) is 0 Å². The number of carbonyl (C=O) groups excluding carboxylic acids is 1. The quantitative estimate of drug-likeness (QED) is 0.854. The number of rotatable bonds is 4. The van der Waals surface area contributed by atoms with Gasteiger partial charge in [0.25, 0.3) is 0 Å². The molecule has 0 atom stereocenters. The molecule has 1 aromatic rings. The first-order valence-electron chi connectivity index (χ1n) is 5.51. The Bertz CT molecular complexity index is 481. The van der Waals surface area contributed by atoms with Gasteiger partial charge in [-0.15, -0.1) is 0 Å². The minimum absolute atomic E-state index is 0.343. The van der Waals surface area contributed by atoms with Crippen molar-refractivity contribution in [3.63, 3.8) is 0 Å². The maximum Gasteiger partial charge on any atom is 0.430 e. The van der Waals surface area contributed by atoms with Crippen molar-refractivity contribution in [2.24, 2.45) is 0 Å². The number of ether oxygens (including phenoxy) is 1. The number of nitrogens with one attached hydrogen (secondary N) is 1. The number of esters is 1. The number of anilines is 1. The van der Waals surface area contributed by atoms with Crippen molar-refractivity contribution in [3.8, 4) is 0 Å². The summed E-state index contributed by atoms with van der Waals surface area (Å²) in [4.78, 5) is 10.9. The number of hydrogen-bond donors (Lipinski definition) is 1. The summed E-state index contributed by atoms with van der Waals surface area (Å²) < 4.78 is 42.7. The van der Waals surface area contributed by atoms with Gasteiger partial charge in [-0.3, -0.25) is 4.79 Å². The van der Waals surface area contributed by atoms with E-state index >= 15 is 0 Å². The average Bonchev–Trinajstić information content (AvgIpc) is 2.34. The summed E-state index contributed by atoms with van der Waals surface area (Å²) in [6.07, 6.45) is -4.22. The van der Waals surface area contributed by atoms with Crippen LogP contribution in [0.5, 0.6) is 0 Å². The van der Waals surface area contributed by atoms with Crippen LogP contribution >= 0.6 is 0 Å². The maximum atomic E-state index is 12.8. The molecule has 0 saturated heterocycles. The molecule has 1 N–H and O–H groups in total. The summed E-state index contributed by atoms with van der Waals surface area (Å²) in [7, 11) is 1.12. The highest BCUT2D eigenvalue weighted by Crippen LogP contribution is 2.28. The van der Waals surface area contributed by atoms with E-state index in [0.717, 1.165) is 13.2 Å². The third-order valence-electron chi connectivity index (χ3n) is 2.42. The lowest BCUT2D eigenvalue weighted by Crippen LogP contribution is -2.20. The van der Waals surface area contributed by atoms with Crippen molar-refractivity contribution in [3.05, 3.63) is 41.6 Å². The van der Waals surface area contributed by atoms with Gasteiger partial charge in [0.15, 0.2) is 0 Å². The van der Waals surface area contributed by atoms with E-state index in [1.165, 1.54) is 6.07 Å². The van der Waals surface area contributed by atoms with Crippen molar-refractivity contribution >= 4 is 11.7 Å². The SMILES string of the molecule is COC(=O)C/C=C(\Nc1ccccc1C)C(F)(F)F. The Balaban J connectivity index is 2.94. The maximum absolute atomic E-state index is 12.8. The molecule has 19 heavy (non-hydrogen) atoms. The van der Waals surface area contributed by atoms with Crippen LogP contribution in [0.1, 0.15) is 12.0 Å². The summed E-state index contributed by atoms with van der Waals surface area (Å²) in [5.74, 6) is -0.728. The number of hydrogen-bond acceptors (Lipinski definition) is 3. The third-order valence-corrected chi connectivity index (χ3v) is 2.42. The summed E-state index contributed by atoms with van der Waals surface area (Å²) in [6, 6.07) is 6.58. The Kier molecular flexibility index (Phi) is 4.97. The van der Waals surface area contributed by atoms with Gasteiger partial charge in [-0.1, -0.05) is 18.2 Å². The summed E-state index contributed by atoms with van der Waals surface area (Å²) >= 11 is 0. The summed E-state index contributed by atoms with van der Waals surface area (Å²) in [6.45, 7) is 1.69. The molecule has 0 unspecified atom stereocenters. The van der Waals surface area contributed by atoms with Crippen LogP contribution in [-0.4, -0.2) is 19.3 Å². The molecule has 1 rings (SSSR count). The Labute approximate surface area is 109 Å². The van der Waals surface area contributed by atoms with Gasteiger partial charge >= 0.3 is 12.1 Å². The van der Waals surface area contributed by atoms with Gasteiger partial charge in [0, 0.05) is 5.69 Å². The summed E-state index contributed by atoms with van der Waals surface area (Å²) in [5.41, 5.74) is 0.0406. The second-order valence-corrected chi connectivity index (χ2v) is 3.84. The van der Waals surface area contributed by atoms with Gasteiger partial charge in [0.1, 0.15) is 5.70 Å². The van der Waals surface area contributed by atoms with Crippen LogP contribution in [0.3, 0.4) is 0 Å². The number of alkyl halides is 3. The van der Waals surface area contributed by atoms with Crippen molar-refractivity contribution in [1.82, 2.24) is 0 Å². The predicted molar refractivity (Wildman–Crippen MR) is 65.6 cm³/mol. The molecule has 0 radical (unpaired) electrons. The van der Waals surface area contributed by atoms with Gasteiger partial charge in [-0.25, -0.2) is 0 Å². The lowest BCUT2D eigenvalue weighted by molar-refractivity contribution is -0.139. The Morgan fingerprint density at radius 3 is 2.53 bits per heavy atom. The summed E-state index contributed by atoms with van der Waals surface area (Å²) in [5, 5.41) is 2.30. The minimum Gasteiger partial charge on any atom is -0.469 e. The van der Waals surface area contributed by atoms with Gasteiger partial charge in [-0.2, -0.15) is 13.2 Å². The first kappa shape index (κ1) is 15.1. The normalized spacial score (nSPS) is 12.2. The molecule has 0 aromatic heterocycles. The third kappa shape index (κ3) is 4.65. The zero-order valence-corrected chi connectivity index (χ0v) is 10.5. The van der Waals surface area contributed by atoms with Gasteiger partial charge in [-0.05, 0) is 24.6 Å². The van der Waals surface area contributed by atoms with E-state index in [2.05, 4.69) is 10.1 Å². The van der Waals surface area contributed by atoms with Crippen molar-refractivity contribution in [1.29, 1.82) is 0 Å². The van der Waals surface area contributed by atoms with Crippen LogP contribution in [0.25, 0.3) is 0 Å². The predicted octanol–water partition coefficient (Wildman–Crippen LogP) is 3.42. The molecule has 104 valence electrons. The molecule has 0 spiro atoms. The second-order valence-electron chi connectivity index (χ2n) is 3.84. The average molecular weight is 273 g/mol. The molecule has 3 nitrogen and oxygen atoms in total. The molecule has 0 aliphatic heterocycles. The first-order chi connectivity index (χ1) is 8.84. The highest BCUT2D eigenvalue weighted by atomic mass is 19.4. The fraction of sp³-hybridized carbons (Fsp3) is 0.308. The Hall–Kier alpha value is -1.98. The van der Waals surface area contributed by atoms with Crippen LogP contribution in [0.15, 0.2) is 36.0 Å². The van der Waals surface area contributed by atoms with Crippen LogP contribution < -0.4 is 5.32 Å². The van der Waals surface area contributed by atoms with Gasteiger partial charge in [0.2, 0.25) is 0 Å². The number of aryl methyl sites for hydroxylation is 1. The van der Waals surface area contributed by atoms with Crippen LogP contribution in [-0.2, 0) is 9.53 Å². The Morgan fingerprint density at radius 2 is 2.00 bits per heavy atom. The highest BCUT2D eigenvalue weighted by Gasteiger charge is 2.34. The number of carbonyl (C=O) groups is 1. The number of halogens is 3. The molecule has 0 saturated carbocycles. The zero-order chi connectivity index (χ0) is 14.5. The molecule has 0 bridgehead atoms. The van der Waals surface area contributed by atoms with Crippen LogP contribution in [0.2, 0.25) is 0 Å². The van der Waals surface area contributed by atoms with Crippen molar-refractivity contribution < 1.29 is 22.7 Å². The van der Waals surface area contributed by atoms with Crippen LogP contribution in [0.4, 0.5) is 18.9 Å². The smallest absolute Gasteiger partial charge is 0.430 e. The van der Waals surface area contributed by atoms with E-state index in [4.69, 9.17) is 0 Å². The van der Waals surface area contributed by atoms with E-state index in [9.17, 15) is 18.0 Å². The molecular weight excluding hydrogens is 259 g/mol. The molecule has 0 aliphatic carbocycles. The second kappa shape index (κ2) is 6.26. The van der Waals surface area contributed by atoms with Gasteiger partial charge < -0.3 is 10.1 Å². The fourth-order valence-electron chi connectivity index (χ4n) is 1.36. The first-order valence-corrected chi connectivity index (χ1v) is 5.51. The topological polar surface area (TPSA) is 38.3 Å². The molecular formula is C13H14F3NO2. The highest BCUT2D eigenvalue weighted by molar-refractivity contribution is 5.71. The lowest BCUT2D eigenvalue weighted by atomic mass is 10.2. The molecule has 6 heteroatoms. The molecule has 0 aliphatic rings. The number of benzene rings is 1. The van der Waals surface area contributed by atoms with Crippen molar-refractivity contribution in [2.45, 2.75) is 19.5 Å². The van der Waals surface area contributed by atoms with Gasteiger partial charge in [0.05, 0.1) is 13.5 Å². The number of methoxy groups -OCH3 is 1. The fourth-order valence-corrected chi connectivity index (χ4v) is 1.36. The van der Waals surface area contributed by atoms with E-state index in [0.29, 0.717) is 11.3 Å². The van der Waals surface area contributed by atoms with E-state index in [1.807, 2.05) is 0 Å². The molecule has 0 fully saturated rings. The molecule has 0 heterocycles. The largest absolute Gasteiger partial charge is 0.469 e. The standard InChI is InChI=1S/C13H14F3NO2/c1-9-5-3-4-6-10(9)17-11(13(14,15)16)7-8-12(18)19-2/h3-7,17H,8H2,1-2H3/b11-7-. The van der Waals surface area contributed by atoms with E-state index in [1.54, 1.807) is 25.1 Å². The van der Waals surface area contributed by atoms with Crippen molar-refractivity contribution in [2.75, 3.05) is 12.4 Å². The molecule has 1 aromatic carbocycles.